The van der Waals surface area contributed by atoms with E-state index in [2.05, 4.69) is 0 Å². The summed E-state index contributed by atoms with van der Waals surface area (Å²) in [4.78, 5) is 24.6. The minimum absolute atomic E-state index is 0.215. The number of carbonyl (C=O) groups excluding carboxylic acids is 2. The van der Waals surface area contributed by atoms with Crippen molar-refractivity contribution in [2.45, 2.75) is 6.92 Å². The van der Waals surface area contributed by atoms with Crippen LogP contribution in [0.15, 0.2) is 72.5 Å². The van der Waals surface area contributed by atoms with Gasteiger partial charge in [0.2, 0.25) is 5.78 Å². The van der Waals surface area contributed by atoms with E-state index in [0.717, 1.165) is 11.1 Å². The Morgan fingerprint density at radius 2 is 1.71 bits per heavy atom. The average Bonchev–Trinajstić information content (AvgIpc) is 2.99. The molecule has 0 aliphatic carbocycles. The number of rotatable bonds is 3. The zero-order valence-electron chi connectivity index (χ0n) is 14.9. The van der Waals surface area contributed by atoms with Gasteiger partial charge in [0.25, 0.3) is 0 Å². The number of ketones is 1. The molecule has 0 bridgehead atoms. The van der Waals surface area contributed by atoms with E-state index >= 15 is 0 Å². The third kappa shape index (κ3) is 3.68. The van der Waals surface area contributed by atoms with Crippen molar-refractivity contribution in [1.82, 2.24) is 0 Å². The number of benzene rings is 3. The lowest BCUT2D eigenvalue weighted by Crippen LogP contribution is -2.08. The predicted molar refractivity (Wildman–Crippen MR) is 107 cm³/mol. The maximum absolute atomic E-state index is 12.4. The molecule has 4 nitrogen and oxygen atoms in total. The number of hydrogen-bond donors (Lipinski definition) is 0. The molecule has 0 radical (unpaired) electrons. The zero-order valence-corrected chi connectivity index (χ0v) is 15.7. The molecule has 28 heavy (non-hydrogen) atoms. The number of hydrogen-bond acceptors (Lipinski definition) is 4. The van der Waals surface area contributed by atoms with Crippen molar-refractivity contribution in [3.8, 4) is 11.5 Å². The Morgan fingerprint density at radius 3 is 2.43 bits per heavy atom. The summed E-state index contributed by atoms with van der Waals surface area (Å²) in [5, 5.41) is 0.483. The molecule has 0 saturated carbocycles. The zero-order chi connectivity index (χ0) is 19.7. The second kappa shape index (κ2) is 7.33. The SMILES string of the molecule is Cc1ccc(C(=O)Oc2ccc(C=C3Oc4ccc(Cl)cc4C3=O)cc2)cc1. The van der Waals surface area contributed by atoms with Crippen LogP contribution in [0.1, 0.15) is 31.8 Å². The van der Waals surface area contributed by atoms with Gasteiger partial charge in [-0.2, -0.15) is 0 Å². The summed E-state index contributed by atoms with van der Waals surface area (Å²) < 4.78 is 11.0. The Bertz CT molecular complexity index is 1100. The lowest BCUT2D eigenvalue weighted by atomic mass is 10.1. The molecule has 0 N–H and O–H groups in total. The van der Waals surface area contributed by atoms with E-state index < -0.39 is 5.97 Å². The number of fused-ring (bicyclic) bond motifs is 1. The van der Waals surface area contributed by atoms with Gasteiger partial charge < -0.3 is 9.47 Å². The molecular formula is C23H15ClO4. The van der Waals surface area contributed by atoms with Crippen LogP contribution in [0.4, 0.5) is 0 Å². The Kier molecular flexibility index (Phi) is 4.72. The summed E-state index contributed by atoms with van der Waals surface area (Å²) >= 11 is 5.94. The van der Waals surface area contributed by atoms with Gasteiger partial charge in [-0.3, -0.25) is 4.79 Å². The number of aryl methyl sites for hydroxylation is 1. The predicted octanol–water partition coefficient (Wildman–Crippen LogP) is 5.48. The lowest BCUT2D eigenvalue weighted by Gasteiger charge is -2.05. The highest BCUT2D eigenvalue weighted by Gasteiger charge is 2.27. The molecule has 0 unspecified atom stereocenters. The largest absolute Gasteiger partial charge is 0.452 e. The van der Waals surface area contributed by atoms with E-state index in [9.17, 15) is 9.59 Å². The molecule has 0 saturated heterocycles. The van der Waals surface area contributed by atoms with Crippen LogP contribution in [0.3, 0.4) is 0 Å². The van der Waals surface area contributed by atoms with Crippen molar-refractivity contribution in [3.05, 3.63) is 99.8 Å². The van der Waals surface area contributed by atoms with Crippen molar-refractivity contribution < 1.29 is 19.1 Å². The van der Waals surface area contributed by atoms with Gasteiger partial charge in [-0.1, -0.05) is 41.4 Å². The quantitative estimate of drug-likeness (QED) is 0.337. The highest BCUT2D eigenvalue weighted by molar-refractivity contribution is 6.31. The number of carbonyl (C=O) groups is 2. The highest BCUT2D eigenvalue weighted by atomic mass is 35.5. The Labute approximate surface area is 167 Å². The third-order valence-corrected chi connectivity index (χ3v) is 4.54. The van der Waals surface area contributed by atoms with E-state index in [1.807, 2.05) is 19.1 Å². The summed E-state index contributed by atoms with van der Waals surface area (Å²) in [6.45, 7) is 1.95. The second-order valence-corrected chi connectivity index (χ2v) is 6.84. The summed E-state index contributed by atoms with van der Waals surface area (Å²) in [7, 11) is 0. The summed E-state index contributed by atoms with van der Waals surface area (Å²) in [6.07, 6.45) is 1.64. The Balaban J connectivity index is 1.48. The van der Waals surface area contributed by atoms with Crippen LogP contribution in [-0.2, 0) is 0 Å². The van der Waals surface area contributed by atoms with Gasteiger partial charge in [-0.25, -0.2) is 4.79 Å². The van der Waals surface area contributed by atoms with Crippen LogP contribution < -0.4 is 9.47 Å². The fraction of sp³-hybridized carbons (Fsp3) is 0.0435. The maximum Gasteiger partial charge on any atom is 0.343 e. The minimum Gasteiger partial charge on any atom is -0.452 e. The van der Waals surface area contributed by atoms with Crippen LogP contribution in [0.2, 0.25) is 5.02 Å². The molecule has 5 heteroatoms. The molecular weight excluding hydrogens is 376 g/mol. The fourth-order valence-corrected chi connectivity index (χ4v) is 2.97. The summed E-state index contributed by atoms with van der Waals surface area (Å²) in [6, 6.07) is 18.9. The summed E-state index contributed by atoms with van der Waals surface area (Å²) in [5.41, 5.74) is 2.75. The first-order valence-electron chi connectivity index (χ1n) is 8.62. The van der Waals surface area contributed by atoms with Gasteiger partial charge in [-0.15, -0.1) is 0 Å². The third-order valence-electron chi connectivity index (χ3n) is 4.31. The smallest absolute Gasteiger partial charge is 0.343 e. The van der Waals surface area contributed by atoms with Gasteiger partial charge in [0.05, 0.1) is 11.1 Å². The standard InChI is InChI=1S/C23H15ClO4/c1-14-2-6-16(7-3-14)23(26)27-18-9-4-15(5-10-18)12-21-22(25)19-13-17(24)8-11-20(19)28-21/h2-13H,1H3. The van der Waals surface area contributed by atoms with Crippen molar-refractivity contribution in [1.29, 1.82) is 0 Å². The van der Waals surface area contributed by atoms with Gasteiger partial charge >= 0.3 is 5.97 Å². The molecule has 0 spiro atoms. The minimum atomic E-state index is -0.423. The molecule has 0 atom stereocenters. The van der Waals surface area contributed by atoms with Crippen molar-refractivity contribution in [2.75, 3.05) is 0 Å². The van der Waals surface area contributed by atoms with Crippen molar-refractivity contribution in [2.24, 2.45) is 0 Å². The van der Waals surface area contributed by atoms with Crippen LogP contribution in [-0.4, -0.2) is 11.8 Å². The molecule has 1 aliphatic rings. The van der Waals surface area contributed by atoms with Crippen LogP contribution in [0.5, 0.6) is 11.5 Å². The molecule has 1 aliphatic heterocycles. The van der Waals surface area contributed by atoms with Gasteiger partial charge in [0, 0.05) is 5.02 Å². The van der Waals surface area contributed by atoms with Crippen LogP contribution >= 0.6 is 11.6 Å². The second-order valence-electron chi connectivity index (χ2n) is 6.40. The molecule has 0 amide bonds. The van der Waals surface area contributed by atoms with Crippen LogP contribution in [0, 0.1) is 6.92 Å². The van der Waals surface area contributed by atoms with E-state index in [1.54, 1.807) is 60.7 Å². The Morgan fingerprint density at radius 1 is 1.00 bits per heavy atom. The topological polar surface area (TPSA) is 52.6 Å². The number of Topliss-reactive ketones (excluding diaryl/α,β-unsaturated/α-hetero) is 1. The number of ether oxygens (including phenoxy) is 2. The number of esters is 1. The first kappa shape index (κ1) is 18.0. The van der Waals surface area contributed by atoms with E-state index in [1.165, 1.54) is 0 Å². The molecule has 138 valence electrons. The van der Waals surface area contributed by atoms with E-state index in [-0.39, 0.29) is 11.5 Å². The number of halogens is 1. The van der Waals surface area contributed by atoms with E-state index in [4.69, 9.17) is 21.1 Å². The first-order chi connectivity index (χ1) is 13.5. The van der Waals surface area contributed by atoms with Crippen molar-refractivity contribution in [3.63, 3.8) is 0 Å². The Hall–Kier alpha value is -3.37. The molecule has 3 aromatic carbocycles. The van der Waals surface area contributed by atoms with Crippen molar-refractivity contribution >= 4 is 29.4 Å². The highest BCUT2D eigenvalue weighted by Crippen LogP contribution is 2.33. The molecule has 3 aromatic rings. The molecule has 1 heterocycles. The van der Waals surface area contributed by atoms with E-state index in [0.29, 0.717) is 27.6 Å². The molecule has 0 fully saturated rings. The first-order valence-corrected chi connectivity index (χ1v) is 9.00. The number of allylic oxidation sites excluding steroid dienone is 1. The van der Waals surface area contributed by atoms with Gasteiger partial charge in [0.1, 0.15) is 11.5 Å². The normalized spacial score (nSPS) is 13.9. The summed E-state index contributed by atoms with van der Waals surface area (Å²) in [5.74, 6) is 0.493. The monoisotopic (exact) mass is 390 g/mol. The van der Waals surface area contributed by atoms with Gasteiger partial charge in [0.15, 0.2) is 5.76 Å². The maximum atomic E-state index is 12.4. The molecule has 0 aromatic heterocycles. The van der Waals surface area contributed by atoms with Gasteiger partial charge in [-0.05, 0) is 61.0 Å². The lowest BCUT2D eigenvalue weighted by molar-refractivity contribution is 0.0734. The molecule has 4 rings (SSSR count). The van der Waals surface area contributed by atoms with Crippen LogP contribution in [0.25, 0.3) is 6.08 Å². The average molecular weight is 391 g/mol. The fourth-order valence-electron chi connectivity index (χ4n) is 2.80.